The van der Waals surface area contributed by atoms with Crippen molar-refractivity contribution in [1.82, 2.24) is 4.90 Å². The first-order valence-corrected chi connectivity index (χ1v) is 5.90. The average Bonchev–Trinajstić information content (AvgIpc) is 2.35. The Morgan fingerprint density at radius 2 is 1.71 bits per heavy atom. The van der Waals surface area contributed by atoms with E-state index in [0.717, 1.165) is 18.7 Å². The molecule has 0 radical (unpaired) electrons. The van der Waals surface area contributed by atoms with Crippen molar-refractivity contribution in [2.75, 3.05) is 27.7 Å². The van der Waals surface area contributed by atoms with Gasteiger partial charge in [-0.2, -0.15) is 0 Å². The van der Waals surface area contributed by atoms with E-state index in [2.05, 4.69) is 49.3 Å². The second-order valence-corrected chi connectivity index (χ2v) is 4.60. The van der Waals surface area contributed by atoms with Gasteiger partial charge in [-0.15, -0.1) is 0 Å². The van der Waals surface area contributed by atoms with Crippen LogP contribution in [0.5, 0.6) is 5.75 Å². The van der Waals surface area contributed by atoms with E-state index in [1.165, 1.54) is 16.3 Å². The van der Waals surface area contributed by atoms with Gasteiger partial charge in [-0.3, -0.25) is 0 Å². The summed E-state index contributed by atoms with van der Waals surface area (Å²) >= 11 is 0. The minimum atomic E-state index is 0.915. The molecule has 2 heteroatoms. The molecular formula is C15H19NO. The minimum absolute atomic E-state index is 0.915. The normalized spacial score (nSPS) is 11.1. The lowest BCUT2D eigenvalue weighted by Gasteiger charge is -2.10. The van der Waals surface area contributed by atoms with Crippen LogP contribution in [0.25, 0.3) is 10.8 Å². The molecule has 2 nitrogen and oxygen atoms in total. The molecule has 0 bridgehead atoms. The van der Waals surface area contributed by atoms with E-state index in [0.29, 0.717) is 0 Å². The van der Waals surface area contributed by atoms with E-state index in [1.807, 2.05) is 6.07 Å². The Morgan fingerprint density at radius 3 is 2.41 bits per heavy atom. The third kappa shape index (κ3) is 2.98. The van der Waals surface area contributed by atoms with Gasteiger partial charge in [0.05, 0.1) is 7.11 Å². The van der Waals surface area contributed by atoms with Crippen molar-refractivity contribution in [1.29, 1.82) is 0 Å². The molecule has 0 saturated carbocycles. The standard InChI is InChI=1S/C15H19NO/c1-16(2)9-8-12-4-5-14-11-15(17-3)7-6-13(14)10-12/h4-7,10-11H,8-9H2,1-3H3. The van der Waals surface area contributed by atoms with Crippen LogP contribution in [0.1, 0.15) is 5.56 Å². The Balaban J connectivity index is 2.25. The topological polar surface area (TPSA) is 12.5 Å². The number of likely N-dealkylation sites (N-methyl/N-ethyl adjacent to an activating group) is 1. The highest BCUT2D eigenvalue weighted by Gasteiger charge is 1.99. The zero-order valence-electron chi connectivity index (χ0n) is 10.7. The number of fused-ring (bicyclic) bond motifs is 1. The number of benzene rings is 2. The van der Waals surface area contributed by atoms with Crippen molar-refractivity contribution in [2.45, 2.75) is 6.42 Å². The molecule has 0 fully saturated rings. The summed E-state index contributed by atoms with van der Waals surface area (Å²) in [4.78, 5) is 2.21. The van der Waals surface area contributed by atoms with Gasteiger partial charge in [0, 0.05) is 6.54 Å². The second kappa shape index (κ2) is 5.19. The first kappa shape index (κ1) is 11.9. The molecule has 2 aromatic carbocycles. The molecule has 17 heavy (non-hydrogen) atoms. The van der Waals surface area contributed by atoms with E-state index >= 15 is 0 Å². The fraction of sp³-hybridized carbons (Fsp3) is 0.333. The van der Waals surface area contributed by atoms with E-state index in [9.17, 15) is 0 Å². The van der Waals surface area contributed by atoms with Crippen LogP contribution in [0.2, 0.25) is 0 Å². The summed E-state index contributed by atoms with van der Waals surface area (Å²) in [6.07, 6.45) is 1.09. The molecule has 2 aromatic rings. The molecule has 2 rings (SSSR count). The number of hydrogen-bond acceptors (Lipinski definition) is 2. The van der Waals surface area contributed by atoms with Crippen LogP contribution in [0.15, 0.2) is 36.4 Å². The quantitative estimate of drug-likeness (QED) is 0.799. The lowest BCUT2D eigenvalue weighted by atomic mass is 10.0. The lowest BCUT2D eigenvalue weighted by Crippen LogP contribution is -2.14. The Hall–Kier alpha value is -1.54. The van der Waals surface area contributed by atoms with Crippen LogP contribution in [0.3, 0.4) is 0 Å². The maximum absolute atomic E-state index is 5.22. The Labute approximate surface area is 103 Å². The fourth-order valence-corrected chi connectivity index (χ4v) is 1.91. The van der Waals surface area contributed by atoms with Gasteiger partial charge >= 0.3 is 0 Å². The Kier molecular flexibility index (Phi) is 3.64. The monoisotopic (exact) mass is 229 g/mol. The van der Waals surface area contributed by atoms with Gasteiger partial charge in [0.25, 0.3) is 0 Å². The first-order valence-electron chi connectivity index (χ1n) is 5.90. The van der Waals surface area contributed by atoms with E-state index < -0.39 is 0 Å². The van der Waals surface area contributed by atoms with Crippen LogP contribution in [-0.4, -0.2) is 32.6 Å². The largest absolute Gasteiger partial charge is 0.497 e. The van der Waals surface area contributed by atoms with Gasteiger partial charge < -0.3 is 9.64 Å². The number of hydrogen-bond donors (Lipinski definition) is 0. The number of nitrogens with zero attached hydrogens (tertiary/aromatic N) is 1. The van der Waals surface area contributed by atoms with Crippen LogP contribution in [0.4, 0.5) is 0 Å². The molecule has 0 spiro atoms. The highest BCUT2D eigenvalue weighted by Crippen LogP contribution is 2.22. The molecule has 0 aliphatic rings. The van der Waals surface area contributed by atoms with Crippen molar-refractivity contribution in [3.63, 3.8) is 0 Å². The minimum Gasteiger partial charge on any atom is -0.497 e. The maximum Gasteiger partial charge on any atom is 0.119 e. The van der Waals surface area contributed by atoms with Crippen molar-refractivity contribution in [3.05, 3.63) is 42.0 Å². The molecule has 0 unspecified atom stereocenters. The third-order valence-corrected chi connectivity index (χ3v) is 2.96. The highest BCUT2D eigenvalue weighted by atomic mass is 16.5. The number of methoxy groups -OCH3 is 1. The van der Waals surface area contributed by atoms with Crippen molar-refractivity contribution >= 4 is 10.8 Å². The molecule has 0 aromatic heterocycles. The van der Waals surface area contributed by atoms with Crippen LogP contribution >= 0.6 is 0 Å². The molecule has 0 heterocycles. The summed E-state index contributed by atoms with van der Waals surface area (Å²) in [6, 6.07) is 12.8. The molecule has 0 amide bonds. The van der Waals surface area contributed by atoms with Crippen molar-refractivity contribution in [3.8, 4) is 5.75 Å². The molecule has 0 saturated heterocycles. The van der Waals surface area contributed by atoms with Gasteiger partial charge in [-0.05, 0) is 49.0 Å². The van der Waals surface area contributed by atoms with Gasteiger partial charge in [0.1, 0.15) is 5.75 Å². The van der Waals surface area contributed by atoms with Gasteiger partial charge in [-0.25, -0.2) is 0 Å². The Morgan fingerprint density at radius 1 is 1.00 bits per heavy atom. The lowest BCUT2D eigenvalue weighted by molar-refractivity contribution is 0.413. The summed E-state index contributed by atoms with van der Waals surface area (Å²) in [7, 11) is 5.91. The molecular weight excluding hydrogens is 210 g/mol. The molecule has 0 aliphatic carbocycles. The predicted octanol–water partition coefficient (Wildman–Crippen LogP) is 2.95. The SMILES string of the molecule is COc1ccc2cc(CCN(C)C)ccc2c1. The highest BCUT2D eigenvalue weighted by molar-refractivity contribution is 5.84. The van der Waals surface area contributed by atoms with E-state index in [4.69, 9.17) is 4.74 Å². The second-order valence-electron chi connectivity index (χ2n) is 4.60. The van der Waals surface area contributed by atoms with Crippen molar-refractivity contribution < 1.29 is 4.74 Å². The molecule has 0 atom stereocenters. The summed E-state index contributed by atoms with van der Waals surface area (Å²) < 4.78 is 5.22. The summed E-state index contributed by atoms with van der Waals surface area (Å²) in [5.41, 5.74) is 1.39. The van der Waals surface area contributed by atoms with Crippen LogP contribution < -0.4 is 4.74 Å². The summed E-state index contributed by atoms with van der Waals surface area (Å²) in [6.45, 7) is 1.08. The Bertz CT molecular complexity index is 505. The summed E-state index contributed by atoms with van der Waals surface area (Å²) in [5.74, 6) is 0.915. The van der Waals surface area contributed by atoms with E-state index in [1.54, 1.807) is 7.11 Å². The first-order chi connectivity index (χ1) is 8.19. The molecule has 0 aliphatic heterocycles. The van der Waals surface area contributed by atoms with Gasteiger partial charge in [-0.1, -0.05) is 24.3 Å². The van der Waals surface area contributed by atoms with E-state index in [-0.39, 0.29) is 0 Å². The van der Waals surface area contributed by atoms with Gasteiger partial charge in [0.15, 0.2) is 0 Å². The molecule has 90 valence electrons. The fourth-order valence-electron chi connectivity index (χ4n) is 1.91. The summed E-state index contributed by atoms with van der Waals surface area (Å²) in [5, 5.41) is 2.51. The molecule has 0 N–H and O–H groups in total. The number of ether oxygens (including phenoxy) is 1. The third-order valence-electron chi connectivity index (χ3n) is 2.96. The zero-order chi connectivity index (χ0) is 12.3. The van der Waals surface area contributed by atoms with Gasteiger partial charge in [0.2, 0.25) is 0 Å². The maximum atomic E-state index is 5.22. The smallest absolute Gasteiger partial charge is 0.119 e. The number of rotatable bonds is 4. The average molecular weight is 229 g/mol. The zero-order valence-corrected chi connectivity index (χ0v) is 10.7. The predicted molar refractivity (Wildman–Crippen MR) is 72.8 cm³/mol. The van der Waals surface area contributed by atoms with Crippen LogP contribution in [0, 0.1) is 0 Å². The van der Waals surface area contributed by atoms with Crippen LogP contribution in [-0.2, 0) is 6.42 Å². The van der Waals surface area contributed by atoms with Crippen molar-refractivity contribution in [2.24, 2.45) is 0 Å².